The van der Waals surface area contributed by atoms with Gasteiger partial charge in [0.25, 0.3) is 0 Å². The molecule has 2 aromatic carbocycles. The molecule has 0 aliphatic rings. The number of nitriles is 1. The molecule has 0 radical (unpaired) electrons. The number of nitrogens with zero attached hydrogens (tertiary/aromatic N) is 1. The Morgan fingerprint density at radius 2 is 1.94 bits per heavy atom. The lowest BCUT2D eigenvalue weighted by atomic mass is 10.1. The van der Waals surface area contributed by atoms with E-state index in [1.54, 1.807) is 24.3 Å². The van der Waals surface area contributed by atoms with Crippen LogP contribution in [0.1, 0.15) is 11.1 Å². The zero-order valence-corrected chi connectivity index (χ0v) is 11.2. The van der Waals surface area contributed by atoms with Gasteiger partial charge in [-0.1, -0.05) is 35.3 Å². The molecule has 2 nitrogen and oxygen atoms in total. The molecule has 0 heterocycles. The molecule has 0 spiro atoms. The molecule has 90 valence electrons. The minimum absolute atomic E-state index is 0.488. The van der Waals surface area contributed by atoms with Gasteiger partial charge in [0.15, 0.2) is 0 Å². The van der Waals surface area contributed by atoms with Gasteiger partial charge in [0.2, 0.25) is 0 Å². The zero-order valence-electron chi connectivity index (χ0n) is 9.67. The van der Waals surface area contributed by atoms with Crippen LogP contribution in [0.5, 0.6) is 0 Å². The Morgan fingerprint density at radius 1 is 1.17 bits per heavy atom. The summed E-state index contributed by atoms with van der Waals surface area (Å²) >= 11 is 12.0. The van der Waals surface area contributed by atoms with Gasteiger partial charge in [0.05, 0.1) is 22.0 Å². The highest BCUT2D eigenvalue weighted by Gasteiger charge is 2.07. The monoisotopic (exact) mass is 276 g/mol. The summed E-state index contributed by atoms with van der Waals surface area (Å²) in [4.78, 5) is 0. The number of para-hydroxylation sites is 1. The Hall–Kier alpha value is -1.69. The molecule has 2 aromatic rings. The number of hydrogen-bond acceptors (Lipinski definition) is 2. The molecule has 0 fully saturated rings. The second kappa shape index (κ2) is 5.30. The third-order valence-corrected chi connectivity index (χ3v) is 3.13. The molecule has 18 heavy (non-hydrogen) atoms. The first kappa shape index (κ1) is 12.8. The minimum Gasteiger partial charge on any atom is -0.353 e. The van der Waals surface area contributed by atoms with E-state index in [1.165, 1.54) is 0 Å². The standard InChI is InChI=1S/C14H10Cl2N2/c1-9-3-2-4-12(16)14(9)18-13-6-5-11(15)7-10(13)8-17/h2-7,18H,1H3. The molecule has 0 unspecified atom stereocenters. The van der Waals surface area contributed by atoms with E-state index in [-0.39, 0.29) is 0 Å². The topological polar surface area (TPSA) is 35.8 Å². The van der Waals surface area contributed by atoms with Gasteiger partial charge in [-0.2, -0.15) is 5.26 Å². The first-order chi connectivity index (χ1) is 8.61. The number of benzene rings is 2. The highest BCUT2D eigenvalue weighted by Crippen LogP contribution is 2.30. The number of hydrogen-bond donors (Lipinski definition) is 1. The second-order valence-corrected chi connectivity index (χ2v) is 4.70. The van der Waals surface area contributed by atoms with E-state index in [4.69, 9.17) is 28.5 Å². The van der Waals surface area contributed by atoms with E-state index in [0.29, 0.717) is 21.3 Å². The lowest BCUT2D eigenvalue weighted by Gasteiger charge is -2.12. The number of halogens is 2. The van der Waals surface area contributed by atoms with Crippen LogP contribution in [0.2, 0.25) is 10.0 Å². The van der Waals surface area contributed by atoms with Crippen molar-refractivity contribution in [2.45, 2.75) is 6.92 Å². The molecule has 0 aromatic heterocycles. The summed E-state index contributed by atoms with van der Waals surface area (Å²) in [7, 11) is 0. The quantitative estimate of drug-likeness (QED) is 0.845. The zero-order chi connectivity index (χ0) is 13.1. The third-order valence-electron chi connectivity index (χ3n) is 2.58. The van der Waals surface area contributed by atoms with Crippen LogP contribution < -0.4 is 5.32 Å². The Balaban J connectivity index is 2.44. The molecule has 0 amide bonds. The minimum atomic E-state index is 0.488. The van der Waals surface area contributed by atoms with Crippen molar-refractivity contribution in [1.82, 2.24) is 0 Å². The number of aryl methyl sites for hydroxylation is 1. The van der Waals surface area contributed by atoms with Crippen molar-refractivity contribution in [3.8, 4) is 6.07 Å². The SMILES string of the molecule is Cc1cccc(Cl)c1Nc1ccc(Cl)cc1C#N. The fourth-order valence-corrected chi connectivity index (χ4v) is 2.08. The molecule has 4 heteroatoms. The van der Waals surface area contributed by atoms with Crippen LogP contribution in [0.25, 0.3) is 0 Å². The van der Waals surface area contributed by atoms with Crippen molar-refractivity contribution in [2.24, 2.45) is 0 Å². The largest absolute Gasteiger partial charge is 0.353 e. The molecular formula is C14H10Cl2N2. The molecule has 0 saturated carbocycles. The van der Waals surface area contributed by atoms with Gasteiger partial charge in [0.1, 0.15) is 6.07 Å². The molecule has 1 N–H and O–H groups in total. The van der Waals surface area contributed by atoms with Crippen molar-refractivity contribution in [3.05, 3.63) is 57.6 Å². The van der Waals surface area contributed by atoms with Crippen LogP contribution >= 0.6 is 23.2 Å². The van der Waals surface area contributed by atoms with Gasteiger partial charge in [0, 0.05) is 5.02 Å². The Bertz CT molecular complexity index is 610. The van der Waals surface area contributed by atoms with Gasteiger partial charge in [-0.15, -0.1) is 0 Å². The Morgan fingerprint density at radius 3 is 2.61 bits per heavy atom. The molecule has 0 aliphatic carbocycles. The molecule has 0 bridgehead atoms. The lowest BCUT2D eigenvalue weighted by Crippen LogP contribution is -1.96. The fourth-order valence-electron chi connectivity index (χ4n) is 1.64. The maximum atomic E-state index is 9.08. The lowest BCUT2D eigenvalue weighted by molar-refractivity contribution is 1.41. The summed E-state index contributed by atoms with van der Waals surface area (Å²) in [5, 5.41) is 13.4. The van der Waals surface area contributed by atoms with Gasteiger partial charge in [-0.05, 0) is 36.8 Å². The third kappa shape index (κ3) is 2.59. The summed E-state index contributed by atoms with van der Waals surface area (Å²) < 4.78 is 0. The Labute approximate surface area is 116 Å². The van der Waals surface area contributed by atoms with Crippen molar-refractivity contribution < 1.29 is 0 Å². The van der Waals surface area contributed by atoms with Crippen molar-refractivity contribution >= 4 is 34.6 Å². The van der Waals surface area contributed by atoms with Crippen LogP contribution in [-0.4, -0.2) is 0 Å². The summed E-state index contributed by atoms with van der Waals surface area (Å²) in [6.45, 7) is 1.95. The van der Waals surface area contributed by atoms with Crippen molar-refractivity contribution in [3.63, 3.8) is 0 Å². The fraction of sp³-hybridized carbons (Fsp3) is 0.0714. The number of nitrogens with one attached hydrogen (secondary N) is 1. The highest BCUT2D eigenvalue weighted by molar-refractivity contribution is 6.33. The van der Waals surface area contributed by atoms with E-state index in [1.807, 2.05) is 19.1 Å². The van der Waals surface area contributed by atoms with E-state index >= 15 is 0 Å². The summed E-state index contributed by atoms with van der Waals surface area (Å²) in [6.07, 6.45) is 0. The first-order valence-electron chi connectivity index (χ1n) is 5.33. The molecule has 2 rings (SSSR count). The van der Waals surface area contributed by atoms with E-state index in [2.05, 4.69) is 11.4 Å². The molecular weight excluding hydrogens is 267 g/mol. The first-order valence-corrected chi connectivity index (χ1v) is 6.09. The van der Waals surface area contributed by atoms with E-state index in [9.17, 15) is 0 Å². The van der Waals surface area contributed by atoms with Crippen LogP contribution in [0, 0.1) is 18.3 Å². The predicted octanol–water partition coefficient (Wildman–Crippen LogP) is 4.92. The average molecular weight is 277 g/mol. The smallest absolute Gasteiger partial charge is 0.101 e. The maximum absolute atomic E-state index is 9.08. The van der Waals surface area contributed by atoms with E-state index in [0.717, 1.165) is 11.3 Å². The van der Waals surface area contributed by atoms with E-state index < -0.39 is 0 Å². The van der Waals surface area contributed by atoms with Crippen molar-refractivity contribution in [2.75, 3.05) is 5.32 Å². The summed E-state index contributed by atoms with van der Waals surface area (Å²) in [5.41, 5.74) is 3.00. The number of anilines is 2. The molecule has 0 atom stereocenters. The Kier molecular flexibility index (Phi) is 3.76. The molecule has 0 aliphatic heterocycles. The van der Waals surface area contributed by atoms with Crippen LogP contribution in [0.4, 0.5) is 11.4 Å². The van der Waals surface area contributed by atoms with Crippen molar-refractivity contribution in [1.29, 1.82) is 5.26 Å². The van der Waals surface area contributed by atoms with Gasteiger partial charge < -0.3 is 5.32 Å². The van der Waals surface area contributed by atoms with Gasteiger partial charge in [-0.3, -0.25) is 0 Å². The normalized spacial score (nSPS) is 9.89. The van der Waals surface area contributed by atoms with Crippen LogP contribution in [0.3, 0.4) is 0 Å². The molecule has 0 saturated heterocycles. The second-order valence-electron chi connectivity index (χ2n) is 3.86. The maximum Gasteiger partial charge on any atom is 0.101 e. The van der Waals surface area contributed by atoms with Gasteiger partial charge in [-0.25, -0.2) is 0 Å². The summed E-state index contributed by atoms with van der Waals surface area (Å²) in [5.74, 6) is 0. The summed E-state index contributed by atoms with van der Waals surface area (Å²) in [6, 6.07) is 12.9. The predicted molar refractivity (Wildman–Crippen MR) is 75.6 cm³/mol. The van der Waals surface area contributed by atoms with Crippen LogP contribution in [0.15, 0.2) is 36.4 Å². The highest BCUT2D eigenvalue weighted by atomic mass is 35.5. The van der Waals surface area contributed by atoms with Gasteiger partial charge >= 0.3 is 0 Å². The number of rotatable bonds is 2. The van der Waals surface area contributed by atoms with Crippen LogP contribution in [-0.2, 0) is 0 Å². The average Bonchev–Trinajstić information content (AvgIpc) is 2.35.